The summed E-state index contributed by atoms with van der Waals surface area (Å²) in [6.45, 7) is 0. The van der Waals surface area contributed by atoms with E-state index in [0.717, 1.165) is 77.4 Å². The van der Waals surface area contributed by atoms with Crippen LogP contribution < -0.4 is 0 Å². The minimum atomic E-state index is 0.555. The lowest BCUT2D eigenvalue weighted by Crippen LogP contribution is -2.05. The standard InChI is InChI=1S/C44H27N5O/c1-3-13-28(14-4-1)41-46-42(29-15-5-2-6-16-29)48-43(47-41)35-21-12-26-45-44(35)49-37-22-9-7-17-32(37)36-27-30(24-25-38(36)49)31-19-11-20-34-33-18-8-10-23-39(33)50-40(31)34/h1-27H. The molecule has 6 nitrogen and oxygen atoms in total. The maximum absolute atomic E-state index is 6.43. The number of furan rings is 1. The van der Waals surface area contributed by atoms with Gasteiger partial charge in [0.05, 0.1) is 16.6 Å². The van der Waals surface area contributed by atoms with Crippen LogP contribution in [0.1, 0.15) is 0 Å². The SMILES string of the molecule is c1ccc(-c2nc(-c3ccccc3)nc(-c3cccnc3-n3c4ccccc4c4cc(-c5cccc6c5oc5ccccc56)ccc43)n2)cc1. The van der Waals surface area contributed by atoms with E-state index in [9.17, 15) is 0 Å². The number of aromatic nitrogens is 5. The van der Waals surface area contributed by atoms with Crippen molar-refractivity contribution in [3.8, 4) is 51.1 Å². The average Bonchev–Trinajstić information content (AvgIpc) is 3.74. The third-order valence-electron chi connectivity index (χ3n) is 9.33. The van der Waals surface area contributed by atoms with Gasteiger partial charge in [-0.1, -0.05) is 121 Å². The molecule has 0 saturated heterocycles. The molecule has 0 fully saturated rings. The van der Waals surface area contributed by atoms with Crippen molar-refractivity contribution < 1.29 is 4.42 Å². The van der Waals surface area contributed by atoms with Crippen molar-refractivity contribution in [2.45, 2.75) is 0 Å². The molecule has 0 aliphatic rings. The van der Waals surface area contributed by atoms with Crippen molar-refractivity contribution in [3.05, 3.63) is 164 Å². The van der Waals surface area contributed by atoms with Crippen LogP contribution in [0.15, 0.2) is 168 Å². The second kappa shape index (κ2) is 11.4. The average molecular weight is 642 g/mol. The molecule has 50 heavy (non-hydrogen) atoms. The molecule has 0 N–H and O–H groups in total. The summed E-state index contributed by atoms with van der Waals surface area (Å²) in [5, 5.41) is 4.48. The highest BCUT2D eigenvalue weighted by Crippen LogP contribution is 2.40. The summed E-state index contributed by atoms with van der Waals surface area (Å²) in [4.78, 5) is 20.0. The van der Waals surface area contributed by atoms with E-state index in [2.05, 4.69) is 77.4 Å². The van der Waals surface area contributed by atoms with Crippen molar-refractivity contribution in [2.24, 2.45) is 0 Å². The molecule has 0 spiro atoms. The van der Waals surface area contributed by atoms with Gasteiger partial charge in [0.25, 0.3) is 0 Å². The Morgan fingerprint density at radius 2 is 1.04 bits per heavy atom. The Bertz CT molecular complexity index is 2820. The van der Waals surface area contributed by atoms with E-state index in [4.69, 9.17) is 24.4 Å². The van der Waals surface area contributed by atoms with Crippen molar-refractivity contribution in [1.82, 2.24) is 24.5 Å². The molecule has 4 aromatic heterocycles. The minimum absolute atomic E-state index is 0.555. The maximum Gasteiger partial charge on any atom is 0.167 e. The highest BCUT2D eigenvalue weighted by atomic mass is 16.3. The quantitative estimate of drug-likeness (QED) is 0.187. The third kappa shape index (κ3) is 4.50. The summed E-state index contributed by atoms with van der Waals surface area (Å²) in [7, 11) is 0. The zero-order valence-electron chi connectivity index (χ0n) is 26.7. The fourth-order valence-electron chi connectivity index (χ4n) is 7.02. The molecular weight excluding hydrogens is 615 g/mol. The van der Waals surface area contributed by atoms with E-state index in [1.807, 2.05) is 91.1 Å². The normalized spacial score (nSPS) is 11.6. The van der Waals surface area contributed by atoms with Gasteiger partial charge in [-0.2, -0.15) is 0 Å². The molecule has 10 rings (SSSR count). The summed E-state index contributed by atoms with van der Waals surface area (Å²) in [5.41, 5.74) is 8.65. The summed E-state index contributed by atoms with van der Waals surface area (Å²) < 4.78 is 8.65. The summed E-state index contributed by atoms with van der Waals surface area (Å²) >= 11 is 0. The summed E-state index contributed by atoms with van der Waals surface area (Å²) in [5.74, 6) is 2.52. The van der Waals surface area contributed by atoms with E-state index in [-0.39, 0.29) is 0 Å². The molecule has 10 aromatic rings. The van der Waals surface area contributed by atoms with Gasteiger partial charge in [-0.05, 0) is 42.0 Å². The van der Waals surface area contributed by atoms with E-state index in [1.54, 1.807) is 0 Å². The number of fused-ring (bicyclic) bond motifs is 6. The van der Waals surface area contributed by atoms with Crippen LogP contribution in [0.5, 0.6) is 0 Å². The molecule has 4 heterocycles. The highest BCUT2D eigenvalue weighted by Gasteiger charge is 2.21. The molecule has 0 radical (unpaired) electrons. The molecule has 0 bridgehead atoms. The Balaban J connectivity index is 1.19. The number of pyridine rings is 1. The number of para-hydroxylation sites is 3. The van der Waals surface area contributed by atoms with Crippen LogP contribution in [0.4, 0.5) is 0 Å². The smallest absolute Gasteiger partial charge is 0.167 e. The van der Waals surface area contributed by atoms with Crippen molar-refractivity contribution in [3.63, 3.8) is 0 Å². The van der Waals surface area contributed by atoms with E-state index in [1.165, 1.54) is 0 Å². The fraction of sp³-hybridized carbons (Fsp3) is 0. The summed E-state index contributed by atoms with van der Waals surface area (Å²) in [6, 6.07) is 53.7. The first-order chi connectivity index (χ1) is 24.8. The van der Waals surface area contributed by atoms with Gasteiger partial charge in [0.2, 0.25) is 0 Å². The van der Waals surface area contributed by atoms with Gasteiger partial charge in [0, 0.05) is 44.4 Å². The Labute approximate surface area is 287 Å². The van der Waals surface area contributed by atoms with E-state index < -0.39 is 0 Å². The van der Waals surface area contributed by atoms with Crippen LogP contribution in [0.25, 0.3) is 94.9 Å². The lowest BCUT2D eigenvalue weighted by molar-refractivity contribution is 0.670. The van der Waals surface area contributed by atoms with Gasteiger partial charge in [0.1, 0.15) is 17.0 Å². The van der Waals surface area contributed by atoms with Gasteiger partial charge in [0.15, 0.2) is 17.5 Å². The number of benzene rings is 6. The monoisotopic (exact) mass is 641 g/mol. The van der Waals surface area contributed by atoms with Crippen molar-refractivity contribution >= 4 is 43.7 Å². The molecule has 0 saturated carbocycles. The molecule has 234 valence electrons. The minimum Gasteiger partial charge on any atom is -0.455 e. The van der Waals surface area contributed by atoms with Crippen LogP contribution in [0.3, 0.4) is 0 Å². The fourth-order valence-corrected chi connectivity index (χ4v) is 7.02. The lowest BCUT2D eigenvalue weighted by Gasteiger charge is -2.13. The first-order valence-corrected chi connectivity index (χ1v) is 16.6. The topological polar surface area (TPSA) is 69.6 Å². The van der Waals surface area contributed by atoms with E-state index in [0.29, 0.717) is 17.5 Å². The molecular formula is C44H27N5O. The molecule has 0 aliphatic carbocycles. The first kappa shape index (κ1) is 28.1. The van der Waals surface area contributed by atoms with Crippen LogP contribution in [-0.4, -0.2) is 24.5 Å². The van der Waals surface area contributed by atoms with Crippen LogP contribution in [0.2, 0.25) is 0 Å². The number of rotatable bonds is 5. The predicted molar refractivity (Wildman–Crippen MR) is 201 cm³/mol. The van der Waals surface area contributed by atoms with Crippen molar-refractivity contribution in [1.29, 1.82) is 0 Å². The Hall–Kier alpha value is -6.92. The molecule has 0 amide bonds. The van der Waals surface area contributed by atoms with Gasteiger partial charge < -0.3 is 4.42 Å². The van der Waals surface area contributed by atoms with Crippen LogP contribution in [-0.2, 0) is 0 Å². The van der Waals surface area contributed by atoms with Gasteiger partial charge in [-0.25, -0.2) is 19.9 Å². The third-order valence-corrected chi connectivity index (χ3v) is 9.33. The van der Waals surface area contributed by atoms with E-state index >= 15 is 0 Å². The number of hydrogen-bond acceptors (Lipinski definition) is 5. The molecule has 0 atom stereocenters. The molecule has 0 aliphatic heterocycles. The van der Waals surface area contributed by atoms with Crippen LogP contribution in [0, 0.1) is 0 Å². The predicted octanol–water partition coefficient (Wildman–Crippen LogP) is 10.9. The Morgan fingerprint density at radius 3 is 1.82 bits per heavy atom. The zero-order valence-corrected chi connectivity index (χ0v) is 26.7. The Kier molecular flexibility index (Phi) is 6.39. The van der Waals surface area contributed by atoms with Crippen LogP contribution >= 0.6 is 0 Å². The highest BCUT2D eigenvalue weighted by molar-refractivity contribution is 6.13. The second-order valence-electron chi connectivity index (χ2n) is 12.3. The van der Waals surface area contributed by atoms with Gasteiger partial charge in [-0.3, -0.25) is 4.57 Å². The lowest BCUT2D eigenvalue weighted by atomic mass is 10.0. The molecule has 6 heteroatoms. The van der Waals surface area contributed by atoms with Crippen molar-refractivity contribution in [2.75, 3.05) is 0 Å². The largest absolute Gasteiger partial charge is 0.455 e. The second-order valence-corrected chi connectivity index (χ2v) is 12.3. The Morgan fingerprint density at radius 1 is 0.420 bits per heavy atom. The number of hydrogen-bond donors (Lipinski definition) is 0. The summed E-state index contributed by atoms with van der Waals surface area (Å²) in [6.07, 6.45) is 1.83. The first-order valence-electron chi connectivity index (χ1n) is 16.6. The zero-order chi connectivity index (χ0) is 33.0. The van der Waals surface area contributed by atoms with Gasteiger partial charge in [-0.15, -0.1) is 0 Å². The maximum atomic E-state index is 6.43. The molecule has 0 unspecified atom stereocenters. The van der Waals surface area contributed by atoms with Gasteiger partial charge >= 0.3 is 0 Å². The molecule has 6 aromatic carbocycles. The number of nitrogens with zero attached hydrogens (tertiary/aromatic N) is 5.